The molecule has 0 radical (unpaired) electrons. The Morgan fingerprint density at radius 2 is 1.08 bits per heavy atom. The maximum absolute atomic E-state index is 13.2. The predicted molar refractivity (Wildman–Crippen MR) is 68.9 cm³/mol. The van der Waals surface area contributed by atoms with Gasteiger partial charge in [0.25, 0.3) is 0 Å². The van der Waals surface area contributed by atoms with Crippen molar-refractivity contribution in [3.63, 3.8) is 0 Å². The summed E-state index contributed by atoms with van der Waals surface area (Å²) in [5, 5.41) is 0.653. The molecule has 0 fully saturated rings. The van der Waals surface area contributed by atoms with E-state index in [-0.39, 0.29) is 6.42 Å². The van der Waals surface area contributed by atoms with E-state index in [0.29, 0.717) is 24.6 Å². The van der Waals surface area contributed by atoms with Crippen molar-refractivity contribution in [3.8, 4) is 0 Å². The molecule has 0 aliphatic carbocycles. The summed E-state index contributed by atoms with van der Waals surface area (Å²) in [4.78, 5) is 0. The van der Waals surface area contributed by atoms with Crippen LogP contribution >= 0.6 is 15.9 Å². The highest BCUT2D eigenvalue weighted by atomic mass is 79.9. The van der Waals surface area contributed by atoms with Gasteiger partial charge in [-0.25, -0.2) is 0 Å². The summed E-state index contributed by atoms with van der Waals surface area (Å²) in [6.07, 6.45) is -5.30. The standard InChI is InChI=1S/C12H14BrF11O/c13-5-3-1-2-4-6-25-7-8(14,15)9(16,17)10(18,19)11(20,21)12(22,23)24/h1-7H2. The second-order valence-corrected chi connectivity index (χ2v) is 5.87. The summed E-state index contributed by atoms with van der Waals surface area (Å²) in [6.45, 7) is -3.00. The van der Waals surface area contributed by atoms with Crippen LogP contribution in [-0.2, 0) is 4.74 Å². The maximum atomic E-state index is 13.2. The van der Waals surface area contributed by atoms with Gasteiger partial charge in [0.05, 0.1) is 0 Å². The van der Waals surface area contributed by atoms with Crippen molar-refractivity contribution in [2.24, 2.45) is 0 Å². The van der Waals surface area contributed by atoms with Crippen molar-refractivity contribution < 1.29 is 53.0 Å². The first kappa shape index (κ1) is 24.7. The van der Waals surface area contributed by atoms with Crippen molar-refractivity contribution in [2.75, 3.05) is 18.5 Å². The first-order chi connectivity index (χ1) is 11.1. The first-order valence-electron chi connectivity index (χ1n) is 6.78. The van der Waals surface area contributed by atoms with Crippen LogP contribution in [-0.4, -0.2) is 48.4 Å². The van der Waals surface area contributed by atoms with Crippen LogP contribution in [0.4, 0.5) is 48.3 Å². The highest BCUT2D eigenvalue weighted by Gasteiger charge is 2.87. The molecule has 0 saturated heterocycles. The summed E-state index contributed by atoms with van der Waals surface area (Å²) < 4.78 is 143. The van der Waals surface area contributed by atoms with Gasteiger partial charge >= 0.3 is 29.9 Å². The fraction of sp³-hybridized carbons (Fsp3) is 1.00. The molecule has 152 valence electrons. The number of ether oxygens (including phenoxy) is 1. The topological polar surface area (TPSA) is 9.23 Å². The molecule has 0 aromatic rings. The monoisotopic (exact) mass is 462 g/mol. The summed E-state index contributed by atoms with van der Waals surface area (Å²) in [6, 6.07) is 0. The maximum Gasteiger partial charge on any atom is 0.460 e. The van der Waals surface area contributed by atoms with Crippen LogP contribution in [0.3, 0.4) is 0 Å². The molecule has 0 rings (SSSR count). The summed E-state index contributed by atoms with van der Waals surface area (Å²) in [7, 11) is 0. The number of alkyl halides is 12. The lowest BCUT2D eigenvalue weighted by atomic mass is 9.98. The quantitative estimate of drug-likeness (QED) is 0.206. The number of hydrogen-bond donors (Lipinski definition) is 0. The van der Waals surface area contributed by atoms with Crippen LogP contribution in [0.2, 0.25) is 0 Å². The van der Waals surface area contributed by atoms with Crippen LogP contribution in [0.15, 0.2) is 0 Å². The van der Waals surface area contributed by atoms with E-state index in [9.17, 15) is 48.3 Å². The lowest BCUT2D eigenvalue weighted by molar-refractivity contribution is -0.424. The molecule has 25 heavy (non-hydrogen) atoms. The van der Waals surface area contributed by atoms with Gasteiger partial charge < -0.3 is 4.74 Å². The molecular formula is C12H14BrF11O. The number of hydrogen-bond acceptors (Lipinski definition) is 1. The Hall–Kier alpha value is -0.330. The number of unbranched alkanes of at least 4 members (excludes halogenated alkanes) is 3. The largest absolute Gasteiger partial charge is 0.460 e. The van der Waals surface area contributed by atoms with E-state index in [1.54, 1.807) is 0 Å². The second kappa shape index (κ2) is 8.57. The molecule has 1 nitrogen and oxygen atoms in total. The van der Waals surface area contributed by atoms with Crippen LogP contribution in [0, 0.1) is 0 Å². The van der Waals surface area contributed by atoms with Crippen LogP contribution < -0.4 is 0 Å². The molecule has 0 aromatic carbocycles. The fourth-order valence-electron chi connectivity index (χ4n) is 1.55. The predicted octanol–water partition coefficient (Wildman–Crippen LogP) is 6.06. The average Bonchev–Trinajstić information content (AvgIpc) is 2.44. The Labute approximate surface area is 144 Å². The minimum atomic E-state index is -7.37. The highest BCUT2D eigenvalue weighted by molar-refractivity contribution is 9.09. The third-order valence-corrected chi connectivity index (χ3v) is 3.62. The Morgan fingerprint density at radius 3 is 1.52 bits per heavy atom. The van der Waals surface area contributed by atoms with Crippen LogP contribution in [0.25, 0.3) is 0 Å². The van der Waals surface area contributed by atoms with Gasteiger partial charge in [0.1, 0.15) is 6.61 Å². The van der Waals surface area contributed by atoms with Gasteiger partial charge in [-0.3, -0.25) is 0 Å². The fourth-order valence-corrected chi connectivity index (χ4v) is 1.94. The van der Waals surface area contributed by atoms with Crippen molar-refractivity contribution in [1.82, 2.24) is 0 Å². The number of halogens is 12. The number of rotatable bonds is 11. The minimum absolute atomic E-state index is 0.0871. The third-order valence-electron chi connectivity index (χ3n) is 3.06. The molecule has 0 amide bonds. The molecule has 0 N–H and O–H groups in total. The highest BCUT2D eigenvalue weighted by Crippen LogP contribution is 2.57. The summed E-state index contributed by atoms with van der Waals surface area (Å²) in [5.74, 6) is -27.7. The van der Waals surface area contributed by atoms with Crippen LogP contribution in [0.1, 0.15) is 25.7 Å². The zero-order valence-corrected chi connectivity index (χ0v) is 14.0. The van der Waals surface area contributed by atoms with Crippen molar-refractivity contribution in [1.29, 1.82) is 0 Å². The molecule has 13 heteroatoms. The van der Waals surface area contributed by atoms with Gasteiger partial charge in [0, 0.05) is 11.9 Å². The lowest BCUT2D eigenvalue weighted by Gasteiger charge is -2.37. The lowest BCUT2D eigenvalue weighted by Crippen LogP contribution is -2.67. The molecule has 0 bridgehead atoms. The molecule has 0 saturated carbocycles. The molecule has 0 unspecified atom stereocenters. The normalized spacial score (nSPS) is 14.9. The first-order valence-corrected chi connectivity index (χ1v) is 7.90. The zero-order chi connectivity index (χ0) is 20.2. The van der Waals surface area contributed by atoms with Crippen molar-refractivity contribution in [2.45, 2.75) is 55.5 Å². The van der Waals surface area contributed by atoms with Gasteiger partial charge in [-0.1, -0.05) is 28.8 Å². The molecule has 0 spiro atoms. The Morgan fingerprint density at radius 1 is 0.600 bits per heavy atom. The van der Waals surface area contributed by atoms with E-state index in [4.69, 9.17) is 0 Å². The van der Waals surface area contributed by atoms with Crippen molar-refractivity contribution in [3.05, 3.63) is 0 Å². The average molecular weight is 463 g/mol. The smallest absolute Gasteiger partial charge is 0.375 e. The molecule has 0 atom stereocenters. The molecule has 0 aliphatic heterocycles. The molecule has 0 heterocycles. The minimum Gasteiger partial charge on any atom is -0.375 e. The van der Waals surface area contributed by atoms with Gasteiger partial charge in [-0.05, 0) is 12.8 Å². The van der Waals surface area contributed by atoms with E-state index in [1.807, 2.05) is 0 Å². The van der Waals surface area contributed by atoms with Gasteiger partial charge in [-0.15, -0.1) is 0 Å². The second-order valence-electron chi connectivity index (χ2n) is 5.08. The molecular weight excluding hydrogens is 449 g/mol. The van der Waals surface area contributed by atoms with Crippen LogP contribution in [0.5, 0.6) is 0 Å². The van der Waals surface area contributed by atoms with E-state index >= 15 is 0 Å². The van der Waals surface area contributed by atoms with E-state index < -0.39 is 43.1 Å². The SMILES string of the molecule is FC(F)(F)C(F)(F)C(F)(F)C(F)(F)C(F)(F)COCCCCCCBr. The Kier molecular flexibility index (Phi) is 8.46. The third kappa shape index (κ3) is 5.33. The molecule has 0 aliphatic rings. The Bertz CT molecular complexity index is 408. The summed E-state index contributed by atoms with van der Waals surface area (Å²) in [5.41, 5.74) is 0. The van der Waals surface area contributed by atoms with Gasteiger partial charge in [-0.2, -0.15) is 48.3 Å². The van der Waals surface area contributed by atoms with Gasteiger partial charge in [0.15, 0.2) is 0 Å². The van der Waals surface area contributed by atoms with E-state index in [2.05, 4.69) is 20.7 Å². The van der Waals surface area contributed by atoms with E-state index in [1.165, 1.54) is 0 Å². The Balaban J connectivity index is 4.97. The van der Waals surface area contributed by atoms with Crippen molar-refractivity contribution >= 4 is 15.9 Å². The van der Waals surface area contributed by atoms with Gasteiger partial charge in [0.2, 0.25) is 0 Å². The molecule has 0 aromatic heterocycles. The van der Waals surface area contributed by atoms with E-state index in [0.717, 1.165) is 0 Å². The zero-order valence-electron chi connectivity index (χ0n) is 12.4. The summed E-state index contributed by atoms with van der Waals surface area (Å²) >= 11 is 3.10.